The number of rotatable bonds is 10. The molecule has 0 aliphatic carbocycles. The quantitative estimate of drug-likeness (QED) is 0.650. The van der Waals surface area contributed by atoms with Crippen LogP contribution in [-0.2, 0) is 17.8 Å². The summed E-state index contributed by atoms with van der Waals surface area (Å²) < 4.78 is 5.19. The van der Waals surface area contributed by atoms with Crippen LogP contribution in [0.2, 0.25) is 0 Å². The second-order valence-electron chi connectivity index (χ2n) is 7.18. The van der Waals surface area contributed by atoms with Crippen LogP contribution in [0.5, 0.6) is 5.75 Å². The number of ether oxygens (including phenoxy) is 1. The molecule has 2 aromatic carbocycles. The molecule has 1 fully saturated rings. The van der Waals surface area contributed by atoms with Crippen molar-refractivity contribution in [3.05, 3.63) is 65.7 Å². The van der Waals surface area contributed by atoms with E-state index >= 15 is 0 Å². The zero-order valence-electron chi connectivity index (χ0n) is 16.2. The first kappa shape index (κ1) is 19.4. The predicted octanol–water partition coefficient (Wildman–Crippen LogP) is 3.80. The number of carbonyl (C=O) groups is 1. The molecule has 4 nitrogen and oxygen atoms in total. The van der Waals surface area contributed by atoms with Gasteiger partial charge in [0.25, 0.3) is 0 Å². The zero-order chi connectivity index (χ0) is 18.9. The monoisotopic (exact) mass is 366 g/mol. The Labute approximate surface area is 162 Å². The molecule has 3 rings (SSSR count). The van der Waals surface area contributed by atoms with Gasteiger partial charge in [-0.05, 0) is 55.5 Å². The summed E-state index contributed by atoms with van der Waals surface area (Å²) in [5.41, 5.74) is 2.60. The standard InChI is InChI=1S/C23H30N2O2/c1-27-22-12-9-20(10-13-22)18-24-16-15-21-11-14-23(26)25(21)17-5-8-19-6-3-2-4-7-19/h2-4,6-7,9-10,12-13,21,24H,5,8,11,14-18H2,1H3/t21-/m0/s1. The Morgan fingerprint density at radius 1 is 1.07 bits per heavy atom. The number of nitrogens with one attached hydrogen (secondary N) is 1. The Morgan fingerprint density at radius 2 is 1.85 bits per heavy atom. The molecule has 0 radical (unpaired) electrons. The molecule has 27 heavy (non-hydrogen) atoms. The molecular weight excluding hydrogens is 336 g/mol. The van der Waals surface area contributed by atoms with E-state index in [0.717, 1.165) is 51.1 Å². The summed E-state index contributed by atoms with van der Waals surface area (Å²) in [6, 6.07) is 19.0. The minimum absolute atomic E-state index is 0.322. The number of nitrogens with zero attached hydrogens (tertiary/aromatic N) is 1. The molecule has 0 unspecified atom stereocenters. The van der Waals surface area contributed by atoms with Crippen LogP contribution in [0.25, 0.3) is 0 Å². The van der Waals surface area contributed by atoms with Gasteiger partial charge >= 0.3 is 0 Å². The molecule has 0 saturated carbocycles. The van der Waals surface area contributed by atoms with Crippen LogP contribution in [0, 0.1) is 0 Å². The molecule has 1 heterocycles. The molecule has 1 amide bonds. The smallest absolute Gasteiger partial charge is 0.222 e. The van der Waals surface area contributed by atoms with E-state index in [1.54, 1.807) is 7.11 Å². The van der Waals surface area contributed by atoms with E-state index in [2.05, 4.69) is 46.6 Å². The van der Waals surface area contributed by atoms with Gasteiger partial charge in [0, 0.05) is 25.6 Å². The summed E-state index contributed by atoms with van der Waals surface area (Å²) in [5, 5.41) is 3.50. The molecule has 0 spiro atoms. The van der Waals surface area contributed by atoms with Crippen molar-refractivity contribution in [2.75, 3.05) is 20.2 Å². The van der Waals surface area contributed by atoms with E-state index in [4.69, 9.17) is 4.74 Å². The maximum atomic E-state index is 12.2. The highest BCUT2D eigenvalue weighted by Crippen LogP contribution is 2.22. The number of benzene rings is 2. The third kappa shape index (κ3) is 5.83. The van der Waals surface area contributed by atoms with E-state index in [1.165, 1.54) is 11.1 Å². The molecule has 1 aliphatic heterocycles. The normalized spacial score (nSPS) is 16.7. The Bertz CT molecular complexity index is 700. The van der Waals surface area contributed by atoms with Gasteiger partial charge in [0.2, 0.25) is 5.91 Å². The highest BCUT2D eigenvalue weighted by molar-refractivity contribution is 5.78. The van der Waals surface area contributed by atoms with Crippen LogP contribution in [0.3, 0.4) is 0 Å². The van der Waals surface area contributed by atoms with Crippen molar-refractivity contribution < 1.29 is 9.53 Å². The lowest BCUT2D eigenvalue weighted by Crippen LogP contribution is -2.36. The predicted molar refractivity (Wildman–Crippen MR) is 109 cm³/mol. The van der Waals surface area contributed by atoms with Gasteiger partial charge in [-0.25, -0.2) is 0 Å². The molecule has 144 valence electrons. The largest absolute Gasteiger partial charge is 0.497 e. The SMILES string of the molecule is COc1ccc(CNCC[C@@H]2CCC(=O)N2CCCc2ccccc2)cc1. The van der Waals surface area contributed by atoms with E-state index in [1.807, 2.05) is 18.2 Å². The third-order valence-electron chi connectivity index (χ3n) is 5.30. The van der Waals surface area contributed by atoms with Crippen LogP contribution >= 0.6 is 0 Å². The summed E-state index contributed by atoms with van der Waals surface area (Å²) in [6.45, 7) is 2.65. The number of hydrogen-bond acceptors (Lipinski definition) is 3. The van der Waals surface area contributed by atoms with Crippen molar-refractivity contribution in [2.45, 2.75) is 44.7 Å². The number of carbonyl (C=O) groups excluding carboxylic acids is 1. The van der Waals surface area contributed by atoms with Gasteiger partial charge in [0.15, 0.2) is 0 Å². The Balaban J connectivity index is 1.38. The van der Waals surface area contributed by atoms with Gasteiger partial charge < -0.3 is 15.0 Å². The molecular formula is C23H30N2O2. The Morgan fingerprint density at radius 3 is 2.59 bits per heavy atom. The number of aryl methyl sites for hydroxylation is 1. The van der Waals surface area contributed by atoms with Gasteiger partial charge in [-0.1, -0.05) is 42.5 Å². The zero-order valence-corrected chi connectivity index (χ0v) is 16.2. The third-order valence-corrected chi connectivity index (χ3v) is 5.30. The van der Waals surface area contributed by atoms with Gasteiger partial charge in [-0.3, -0.25) is 4.79 Å². The van der Waals surface area contributed by atoms with Crippen molar-refractivity contribution in [3.63, 3.8) is 0 Å². The van der Waals surface area contributed by atoms with E-state index in [0.29, 0.717) is 18.4 Å². The molecule has 1 N–H and O–H groups in total. The van der Waals surface area contributed by atoms with Crippen molar-refractivity contribution >= 4 is 5.91 Å². The maximum absolute atomic E-state index is 12.2. The average molecular weight is 367 g/mol. The van der Waals surface area contributed by atoms with Crippen LogP contribution in [-0.4, -0.2) is 37.0 Å². The first-order valence-corrected chi connectivity index (χ1v) is 9.93. The minimum atomic E-state index is 0.322. The molecule has 1 aliphatic rings. The van der Waals surface area contributed by atoms with Crippen molar-refractivity contribution in [2.24, 2.45) is 0 Å². The van der Waals surface area contributed by atoms with Crippen LogP contribution < -0.4 is 10.1 Å². The lowest BCUT2D eigenvalue weighted by molar-refractivity contribution is -0.129. The fourth-order valence-corrected chi connectivity index (χ4v) is 3.74. The summed E-state index contributed by atoms with van der Waals surface area (Å²) in [7, 11) is 1.68. The highest BCUT2D eigenvalue weighted by Gasteiger charge is 2.29. The average Bonchev–Trinajstić information content (AvgIpc) is 3.06. The van der Waals surface area contributed by atoms with Gasteiger partial charge in [-0.15, -0.1) is 0 Å². The number of amides is 1. The number of likely N-dealkylation sites (tertiary alicyclic amines) is 1. The van der Waals surface area contributed by atoms with Crippen molar-refractivity contribution in [3.8, 4) is 5.75 Å². The second kappa shape index (κ2) is 10.1. The fourth-order valence-electron chi connectivity index (χ4n) is 3.74. The van der Waals surface area contributed by atoms with Gasteiger partial charge in [0.1, 0.15) is 5.75 Å². The first-order valence-electron chi connectivity index (χ1n) is 9.93. The van der Waals surface area contributed by atoms with Crippen LogP contribution in [0.15, 0.2) is 54.6 Å². The Hall–Kier alpha value is -2.33. The molecule has 1 atom stereocenters. The molecule has 4 heteroatoms. The number of methoxy groups -OCH3 is 1. The minimum Gasteiger partial charge on any atom is -0.497 e. The van der Waals surface area contributed by atoms with Gasteiger partial charge in [0.05, 0.1) is 7.11 Å². The molecule has 1 saturated heterocycles. The lowest BCUT2D eigenvalue weighted by atomic mass is 10.1. The van der Waals surface area contributed by atoms with Gasteiger partial charge in [-0.2, -0.15) is 0 Å². The van der Waals surface area contributed by atoms with Crippen molar-refractivity contribution in [1.82, 2.24) is 10.2 Å². The lowest BCUT2D eigenvalue weighted by Gasteiger charge is -2.25. The van der Waals surface area contributed by atoms with Crippen LogP contribution in [0.4, 0.5) is 0 Å². The van der Waals surface area contributed by atoms with Crippen LogP contribution in [0.1, 0.15) is 36.8 Å². The fraction of sp³-hybridized carbons (Fsp3) is 0.435. The Kier molecular flexibility index (Phi) is 7.28. The van der Waals surface area contributed by atoms with E-state index < -0.39 is 0 Å². The van der Waals surface area contributed by atoms with Crippen molar-refractivity contribution in [1.29, 1.82) is 0 Å². The summed E-state index contributed by atoms with van der Waals surface area (Å²) >= 11 is 0. The maximum Gasteiger partial charge on any atom is 0.222 e. The number of hydrogen-bond donors (Lipinski definition) is 1. The molecule has 0 bridgehead atoms. The topological polar surface area (TPSA) is 41.6 Å². The highest BCUT2D eigenvalue weighted by atomic mass is 16.5. The summed E-state index contributed by atoms with van der Waals surface area (Å²) in [6.07, 6.45) is 4.79. The molecule has 2 aromatic rings. The second-order valence-corrected chi connectivity index (χ2v) is 7.18. The summed E-state index contributed by atoms with van der Waals surface area (Å²) in [4.78, 5) is 14.3. The first-order chi connectivity index (χ1) is 13.3. The summed E-state index contributed by atoms with van der Waals surface area (Å²) in [5.74, 6) is 1.21. The van der Waals surface area contributed by atoms with E-state index in [-0.39, 0.29) is 0 Å². The van der Waals surface area contributed by atoms with E-state index in [9.17, 15) is 4.79 Å². The molecule has 0 aromatic heterocycles.